The summed E-state index contributed by atoms with van der Waals surface area (Å²) in [6, 6.07) is 0. The maximum Gasteiger partial charge on any atom is 0.305 e. The lowest BCUT2D eigenvalue weighted by Crippen LogP contribution is -2.25. The van der Waals surface area contributed by atoms with Crippen LogP contribution in [0, 0.1) is 35.5 Å². The van der Waals surface area contributed by atoms with E-state index in [-0.39, 0.29) is 156 Å². The van der Waals surface area contributed by atoms with Gasteiger partial charge in [-0.25, -0.2) is 0 Å². The van der Waals surface area contributed by atoms with E-state index in [1.54, 1.807) is 0 Å². The molecule has 1 aliphatic heterocycles. The predicted molar refractivity (Wildman–Crippen MR) is 599 cm³/mol. The van der Waals surface area contributed by atoms with E-state index in [0.717, 1.165) is 289 Å². The monoisotopic (exact) mass is 2140 g/mol. The Bertz CT molecular complexity index is 2730. The summed E-state index contributed by atoms with van der Waals surface area (Å²) >= 11 is 0. The minimum atomic E-state index is -0.656. The van der Waals surface area contributed by atoms with E-state index in [2.05, 4.69) is 13.8 Å². The number of hydrogen-bond donors (Lipinski definition) is 16. The summed E-state index contributed by atoms with van der Waals surface area (Å²) < 4.78 is 36.2. The molecule has 1 heterocycles. The fraction of sp³-hybridized carbons (Fsp3) is 0.950. The average Bonchev–Trinajstić information content (AvgIpc) is 1.70. The number of unbranched alkanes of at least 4 members (excludes halogenated alkanes) is 49. The van der Waals surface area contributed by atoms with Crippen molar-refractivity contribution in [2.24, 2.45) is 35.5 Å². The van der Waals surface area contributed by atoms with E-state index >= 15 is 0 Å². The molecule has 0 radical (unpaired) electrons. The van der Waals surface area contributed by atoms with Crippen molar-refractivity contribution in [2.45, 2.75) is 592 Å². The maximum absolute atomic E-state index is 11.5. The number of carbonyl (C=O) groups is 6. The number of ether oxygens (including phenoxy) is 7. The van der Waals surface area contributed by atoms with Gasteiger partial charge in [0.2, 0.25) is 0 Å². The van der Waals surface area contributed by atoms with Gasteiger partial charge in [-0.3, -0.25) is 28.8 Å². The van der Waals surface area contributed by atoms with Gasteiger partial charge in [-0.2, -0.15) is 0 Å². The molecule has 149 heavy (non-hydrogen) atoms. The largest absolute Gasteiger partial charge is 0.465 e. The summed E-state index contributed by atoms with van der Waals surface area (Å²) in [5.74, 6) is -0.915. The molecule has 14 atom stereocenters. The summed E-state index contributed by atoms with van der Waals surface area (Å²) in [6.45, 7) is 18.7. The third-order valence-electron chi connectivity index (χ3n) is 27.1. The Morgan fingerprint density at radius 3 is 0.503 bits per heavy atom. The molecule has 0 bridgehead atoms. The molecule has 16 N–H and O–H groups in total. The van der Waals surface area contributed by atoms with Crippen LogP contribution < -0.4 is 0 Å². The molecule has 0 saturated carbocycles. The number of carbonyl (C=O) groups excluding carboxylic acids is 6. The lowest BCUT2D eigenvalue weighted by Gasteiger charge is -2.17. The molecular weight excluding hydrogens is 1910 g/mol. The SMILES string of the molecule is CC(CO)COC(=O)CCCCCCCC(O)C(O)CCCCCCO.CC(CO)COC(=O)CCCCCCCC(O)CCCCCCCO.CC(CO)COC(=O)CCCCCCCCC(O)CCCCCCO.CC(CO)COC(=O)CCCCCCCCCCCCCCCO.CCCCCCC(O)C(O)CCCCCCCC(=O)OCC(C)CO.CCCCCCC1OC1CCCCCCCC(=O)OCC(C)CO. The Balaban J connectivity index is -0.000000557. The fourth-order valence-electron chi connectivity index (χ4n) is 16.5. The van der Waals surface area contributed by atoms with Crippen LogP contribution in [-0.2, 0) is 61.9 Å². The molecule has 0 spiro atoms. The first-order chi connectivity index (χ1) is 72.1. The van der Waals surface area contributed by atoms with Crippen LogP contribution in [0.15, 0.2) is 0 Å². The standard InChI is InChI=1S/C20H40O6.3C20H40O5.C20H38O4.C20H40O4/c1-17(15-22)16-26-20(25)13-9-4-2-3-7-11-18(23)19(24)12-8-5-6-10-14-21;1-18(16-22)17-25-20(24)14-10-6-2-4-8-12-19(23)13-9-5-3-7-11-15-21;1-18(16-22)17-25-20(24)14-10-5-3-2-4-8-12-19(23)13-9-6-7-11-15-21;1-3-4-5-9-12-18(22)19(23)13-10-7-6-8-11-14-20(24)25-16-17(2)15-21;1-3-4-5-9-12-18-19(24-18)13-10-7-6-8-11-14-20(22)23-16-17(2)15-21;1-19(17-22)18-24-20(23)15-13-11-9-7-5-3-2-4-6-8-10-12-14-16-21/h17-19,21-24H,2-16H2,1H3;2*18-19,21-23H,2-17H2,1H3;17-19,21-23H,3-16H2,1-2H3;17-19,21H,3-16H2,1-2H3;19,21-22H,2-18H2,1H3. The van der Waals surface area contributed by atoms with Crippen LogP contribution in [0.25, 0.3) is 0 Å². The molecule has 1 fully saturated rings. The molecule has 14 unspecified atom stereocenters. The van der Waals surface area contributed by atoms with Crippen LogP contribution in [0.4, 0.5) is 0 Å². The van der Waals surface area contributed by atoms with Gasteiger partial charge in [-0.1, -0.05) is 376 Å². The first kappa shape index (κ1) is 154. The van der Waals surface area contributed by atoms with E-state index in [1.807, 2.05) is 41.5 Å². The second-order valence-electron chi connectivity index (χ2n) is 43.4. The van der Waals surface area contributed by atoms with Crippen molar-refractivity contribution in [1.82, 2.24) is 0 Å². The first-order valence-corrected chi connectivity index (χ1v) is 60.8. The number of aliphatic hydroxyl groups is 16. The smallest absolute Gasteiger partial charge is 0.305 e. The van der Waals surface area contributed by atoms with Crippen molar-refractivity contribution in [3.63, 3.8) is 0 Å². The highest BCUT2D eigenvalue weighted by Gasteiger charge is 2.37. The quantitative estimate of drug-likeness (QED) is 0.0116. The van der Waals surface area contributed by atoms with Gasteiger partial charge in [0, 0.05) is 140 Å². The zero-order valence-corrected chi connectivity index (χ0v) is 96.6. The van der Waals surface area contributed by atoms with E-state index in [0.29, 0.717) is 109 Å². The highest BCUT2D eigenvalue weighted by molar-refractivity contribution is 5.71. The van der Waals surface area contributed by atoms with E-state index < -0.39 is 24.4 Å². The highest BCUT2D eigenvalue weighted by atomic mass is 16.6. The minimum Gasteiger partial charge on any atom is -0.465 e. The van der Waals surface area contributed by atoms with Gasteiger partial charge in [0.15, 0.2) is 0 Å². The number of epoxide rings is 1. The Hall–Kier alpha value is -3.86. The number of aliphatic hydroxyl groups excluding tert-OH is 16. The zero-order valence-electron chi connectivity index (χ0n) is 96.6. The Labute approximate surface area is 908 Å². The third kappa shape index (κ3) is 124. The molecule has 0 aromatic rings. The second-order valence-corrected chi connectivity index (χ2v) is 43.4. The van der Waals surface area contributed by atoms with Crippen LogP contribution in [-0.4, -0.2) is 272 Å². The van der Waals surface area contributed by atoms with Gasteiger partial charge >= 0.3 is 35.8 Å². The molecule has 0 aliphatic carbocycles. The van der Waals surface area contributed by atoms with Gasteiger partial charge < -0.3 is 115 Å². The van der Waals surface area contributed by atoms with Crippen LogP contribution in [0.1, 0.15) is 543 Å². The molecule has 0 aromatic carbocycles. The maximum atomic E-state index is 11.5. The molecule has 892 valence electrons. The lowest BCUT2D eigenvalue weighted by molar-refractivity contribution is -0.146. The van der Waals surface area contributed by atoms with Crippen molar-refractivity contribution in [3.05, 3.63) is 0 Å². The molecule has 29 nitrogen and oxygen atoms in total. The van der Waals surface area contributed by atoms with Gasteiger partial charge in [0.1, 0.15) is 0 Å². The third-order valence-corrected chi connectivity index (χ3v) is 27.1. The minimum absolute atomic E-state index is 0.00243. The Morgan fingerprint density at radius 1 is 0.195 bits per heavy atom. The van der Waals surface area contributed by atoms with Crippen LogP contribution in [0.5, 0.6) is 0 Å². The van der Waals surface area contributed by atoms with Crippen LogP contribution in [0.2, 0.25) is 0 Å². The summed E-state index contributed by atoms with van der Waals surface area (Å²) in [6.07, 6.45) is 74.8. The van der Waals surface area contributed by atoms with Crippen molar-refractivity contribution in [3.8, 4) is 0 Å². The van der Waals surface area contributed by atoms with Crippen molar-refractivity contribution in [1.29, 1.82) is 0 Å². The van der Waals surface area contributed by atoms with Crippen LogP contribution >= 0.6 is 0 Å². The normalized spacial score (nSPS) is 15.0. The molecule has 0 amide bonds. The molecule has 0 aromatic heterocycles. The second kappa shape index (κ2) is 123. The van der Waals surface area contributed by atoms with Crippen molar-refractivity contribution in [2.75, 3.05) is 106 Å². The molecule has 1 aliphatic rings. The number of esters is 6. The topological polar surface area (TPSA) is 494 Å². The van der Waals surface area contributed by atoms with Crippen LogP contribution in [0.3, 0.4) is 0 Å². The van der Waals surface area contributed by atoms with Gasteiger partial charge in [-0.15, -0.1) is 0 Å². The van der Waals surface area contributed by atoms with E-state index in [1.165, 1.54) is 135 Å². The molecular formula is C120H238O29. The predicted octanol–water partition coefficient (Wildman–Crippen LogP) is 22.5. The molecule has 29 heteroatoms. The number of rotatable bonds is 105. The summed E-state index contributed by atoms with van der Waals surface area (Å²) in [5, 5.41) is 147. The summed E-state index contributed by atoms with van der Waals surface area (Å²) in [4.78, 5) is 68.9. The summed E-state index contributed by atoms with van der Waals surface area (Å²) in [7, 11) is 0. The summed E-state index contributed by atoms with van der Waals surface area (Å²) in [5.41, 5.74) is 0. The van der Waals surface area contributed by atoms with Gasteiger partial charge in [0.25, 0.3) is 0 Å². The fourth-order valence-corrected chi connectivity index (χ4v) is 16.5. The number of hydrogen-bond acceptors (Lipinski definition) is 29. The zero-order chi connectivity index (χ0) is 112. The average molecular weight is 2150 g/mol. The highest BCUT2D eigenvalue weighted by Crippen LogP contribution is 2.32. The first-order valence-electron chi connectivity index (χ1n) is 60.8. The Morgan fingerprint density at radius 2 is 0.336 bits per heavy atom. The van der Waals surface area contributed by atoms with Crippen molar-refractivity contribution >= 4 is 35.8 Å². The Kier molecular flexibility index (Phi) is 126. The van der Waals surface area contributed by atoms with Gasteiger partial charge in [-0.05, 0) is 128 Å². The van der Waals surface area contributed by atoms with E-state index in [4.69, 9.17) is 84.2 Å². The van der Waals surface area contributed by atoms with Gasteiger partial charge in [0.05, 0.1) is 88.5 Å². The van der Waals surface area contributed by atoms with E-state index in [9.17, 15) is 59.4 Å². The molecule has 1 rings (SSSR count). The molecule has 1 saturated heterocycles. The lowest BCUT2D eigenvalue weighted by atomic mass is 10.00. The van der Waals surface area contributed by atoms with Crippen molar-refractivity contribution < 1.29 is 144 Å².